The van der Waals surface area contributed by atoms with Gasteiger partial charge in [0.05, 0.1) is 6.10 Å². The first-order valence-corrected chi connectivity index (χ1v) is 4.89. The summed E-state index contributed by atoms with van der Waals surface area (Å²) < 4.78 is 28.9. The van der Waals surface area contributed by atoms with E-state index in [1.165, 1.54) is 0 Å². The first-order valence-electron chi connectivity index (χ1n) is 4.89. The smallest absolute Gasteiger partial charge is 0.345 e. The average Bonchev–Trinajstić information content (AvgIpc) is 2.61. The number of aromatic nitrogens is 1. The number of hydrogen-bond donors (Lipinski definition) is 1. The van der Waals surface area contributed by atoms with Gasteiger partial charge in [0.1, 0.15) is 0 Å². The van der Waals surface area contributed by atoms with Gasteiger partial charge in [0, 0.05) is 17.8 Å². The standard InChI is InChI=1S/C11H13F2NO/c1-6-5-9(15-11(12)13)7(2)8-3-4-14-10(6)8/h3-5,7,9,11,14H,1-2H3. The molecule has 0 saturated carbocycles. The van der Waals surface area contributed by atoms with Crippen LogP contribution in [-0.2, 0) is 4.74 Å². The molecule has 1 N–H and O–H groups in total. The number of aromatic amines is 1. The summed E-state index contributed by atoms with van der Waals surface area (Å²) in [6, 6.07) is 1.92. The third-order valence-electron chi connectivity index (χ3n) is 2.83. The molecule has 15 heavy (non-hydrogen) atoms. The van der Waals surface area contributed by atoms with Gasteiger partial charge >= 0.3 is 6.61 Å². The highest BCUT2D eigenvalue weighted by Gasteiger charge is 2.28. The highest BCUT2D eigenvalue weighted by Crippen LogP contribution is 2.35. The molecule has 0 saturated heterocycles. The number of alkyl halides is 2. The Bertz CT molecular complexity index is 384. The summed E-state index contributed by atoms with van der Waals surface area (Å²) in [7, 11) is 0. The third kappa shape index (κ3) is 1.81. The lowest BCUT2D eigenvalue weighted by atomic mass is 9.87. The van der Waals surface area contributed by atoms with Crippen LogP contribution in [0.25, 0.3) is 5.57 Å². The molecule has 2 atom stereocenters. The Hall–Kier alpha value is -1.16. The minimum atomic E-state index is -2.72. The van der Waals surface area contributed by atoms with Gasteiger partial charge in [0.15, 0.2) is 0 Å². The van der Waals surface area contributed by atoms with Crippen molar-refractivity contribution in [3.63, 3.8) is 0 Å². The van der Waals surface area contributed by atoms with Crippen LogP contribution >= 0.6 is 0 Å². The summed E-state index contributed by atoms with van der Waals surface area (Å²) in [5.41, 5.74) is 3.02. The van der Waals surface area contributed by atoms with Gasteiger partial charge < -0.3 is 9.72 Å². The highest BCUT2D eigenvalue weighted by atomic mass is 19.3. The zero-order valence-electron chi connectivity index (χ0n) is 8.63. The van der Waals surface area contributed by atoms with Crippen LogP contribution in [0.3, 0.4) is 0 Å². The normalized spacial score (nSPS) is 25.3. The van der Waals surface area contributed by atoms with Crippen molar-refractivity contribution in [1.82, 2.24) is 4.98 Å². The molecule has 2 rings (SSSR count). The number of ether oxygens (including phenoxy) is 1. The van der Waals surface area contributed by atoms with Crippen molar-refractivity contribution in [3.8, 4) is 0 Å². The maximum atomic E-state index is 12.2. The molecule has 1 aromatic rings. The van der Waals surface area contributed by atoms with E-state index in [9.17, 15) is 8.78 Å². The summed E-state index contributed by atoms with van der Waals surface area (Å²) in [6.45, 7) is 1.06. The van der Waals surface area contributed by atoms with Gasteiger partial charge in [-0.1, -0.05) is 13.0 Å². The molecule has 1 aliphatic rings. The van der Waals surface area contributed by atoms with Crippen molar-refractivity contribution in [1.29, 1.82) is 0 Å². The van der Waals surface area contributed by atoms with Gasteiger partial charge in [0.25, 0.3) is 0 Å². The van der Waals surface area contributed by atoms with E-state index in [0.29, 0.717) is 0 Å². The summed E-state index contributed by atoms with van der Waals surface area (Å²) in [4.78, 5) is 3.10. The van der Waals surface area contributed by atoms with Crippen LogP contribution in [0, 0.1) is 0 Å². The van der Waals surface area contributed by atoms with Crippen molar-refractivity contribution < 1.29 is 13.5 Å². The molecule has 0 radical (unpaired) electrons. The molecule has 1 heterocycles. The first kappa shape index (κ1) is 10.4. The Kier molecular flexibility index (Phi) is 2.61. The summed E-state index contributed by atoms with van der Waals surface area (Å²) in [5, 5.41) is 0. The molecule has 2 nitrogen and oxygen atoms in total. The van der Waals surface area contributed by atoms with E-state index in [4.69, 9.17) is 0 Å². The number of H-pyrrole nitrogens is 1. The number of hydrogen-bond acceptors (Lipinski definition) is 1. The first-order chi connectivity index (χ1) is 7.09. The molecule has 1 aliphatic carbocycles. The Morgan fingerprint density at radius 3 is 2.87 bits per heavy atom. The average molecular weight is 213 g/mol. The zero-order valence-corrected chi connectivity index (χ0v) is 8.63. The van der Waals surface area contributed by atoms with E-state index in [1.807, 2.05) is 26.1 Å². The largest absolute Gasteiger partial charge is 0.361 e. The highest BCUT2D eigenvalue weighted by molar-refractivity contribution is 5.67. The number of rotatable bonds is 2. The van der Waals surface area contributed by atoms with E-state index < -0.39 is 12.7 Å². The van der Waals surface area contributed by atoms with Crippen molar-refractivity contribution in [3.05, 3.63) is 29.6 Å². The predicted octanol–water partition coefficient (Wildman–Crippen LogP) is 3.14. The molecule has 4 heteroatoms. The Labute approximate surface area is 86.9 Å². The summed E-state index contributed by atoms with van der Waals surface area (Å²) in [5.74, 6) is -0.0380. The van der Waals surface area contributed by atoms with E-state index in [1.54, 1.807) is 6.08 Å². The van der Waals surface area contributed by atoms with E-state index in [2.05, 4.69) is 9.72 Å². The number of allylic oxidation sites excluding steroid dienone is 1. The molecule has 82 valence electrons. The summed E-state index contributed by atoms with van der Waals surface area (Å²) >= 11 is 0. The van der Waals surface area contributed by atoms with Crippen LogP contribution in [-0.4, -0.2) is 17.7 Å². The van der Waals surface area contributed by atoms with Crippen LogP contribution < -0.4 is 0 Å². The second kappa shape index (κ2) is 3.77. The van der Waals surface area contributed by atoms with Crippen LogP contribution in [0.4, 0.5) is 8.78 Å². The van der Waals surface area contributed by atoms with Gasteiger partial charge in [-0.05, 0) is 24.1 Å². The lowest BCUT2D eigenvalue weighted by molar-refractivity contribution is -0.154. The van der Waals surface area contributed by atoms with Gasteiger partial charge in [-0.2, -0.15) is 8.78 Å². The van der Waals surface area contributed by atoms with Crippen LogP contribution in [0.2, 0.25) is 0 Å². The fourth-order valence-corrected chi connectivity index (χ4v) is 2.03. The Morgan fingerprint density at radius 1 is 1.47 bits per heavy atom. The summed E-state index contributed by atoms with van der Waals surface area (Å²) in [6.07, 6.45) is 3.03. The van der Waals surface area contributed by atoms with E-state index in [-0.39, 0.29) is 5.92 Å². The molecule has 0 aromatic carbocycles. The molecule has 0 fully saturated rings. The Morgan fingerprint density at radius 2 is 2.20 bits per heavy atom. The SMILES string of the molecule is CC1=CC(OC(F)F)C(C)c2cc[nH]c21. The minimum absolute atomic E-state index is 0.0380. The maximum Gasteiger partial charge on any atom is 0.345 e. The Balaban J connectivity index is 2.30. The maximum absolute atomic E-state index is 12.2. The van der Waals surface area contributed by atoms with E-state index >= 15 is 0 Å². The fourth-order valence-electron chi connectivity index (χ4n) is 2.03. The number of halogens is 2. The van der Waals surface area contributed by atoms with E-state index in [0.717, 1.165) is 16.8 Å². The van der Waals surface area contributed by atoms with Gasteiger partial charge in [-0.25, -0.2) is 0 Å². The molecular weight excluding hydrogens is 200 g/mol. The quantitative estimate of drug-likeness (QED) is 0.802. The number of fused-ring (bicyclic) bond motifs is 1. The molecule has 1 aromatic heterocycles. The molecule has 0 aliphatic heterocycles. The molecular formula is C11H13F2NO. The zero-order chi connectivity index (χ0) is 11.0. The molecule has 0 amide bonds. The van der Waals surface area contributed by atoms with Gasteiger partial charge in [-0.3, -0.25) is 0 Å². The molecule has 2 unspecified atom stereocenters. The van der Waals surface area contributed by atoms with Crippen molar-refractivity contribution >= 4 is 5.57 Å². The van der Waals surface area contributed by atoms with Crippen LogP contribution in [0.15, 0.2) is 18.3 Å². The monoisotopic (exact) mass is 213 g/mol. The van der Waals surface area contributed by atoms with Crippen molar-refractivity contribution in [2.24, 2.45) is 0 Å². The third-order valence-corrected chi connectivity index (χ3v) is 2.83. The predicted molar refractivity (Wildman–Crippen MR) is 53.7 cm³/mol. The lowest BCUT2D eigenvalue weighted by Crippen LogP contribution is -2.24. The van der Waals surface area contributed by atoms with Gasteiger partial charge in [-0.15, -0.1) is 0 Å². The molecule has 0 bridgehead atoms. The van der Waals surface area contributed by atoms with Crippen LogP contribution in [0.1, 0.15) is 31.0 Å². The molecule has 0 spiro atoms. The lowest BCUT2D eigenvalue weighted by Gasteiger charge is -2.26. The number of nitrogens with one attached hydrogen (secondary N) is 1. The van der Waals surface area contributed by atoms with Gasteiger partial charge in [0.2, 0.25) is 0 Å². The van der Waals surface area contributed by atoms with Crippen LogP contribution in [0.5, 0.6) is 0 Å². The van der Waals surface area contributed by atoms with Crippen molar-refractivity contribution in [2.75, 3.05) is 0 Å². The minimum Gasteiger partial charge on any atom is -0.361 e. The topological polar surface area (TPSA) is 25.0 Å². The van der Waals surface area contributed by atoms with Crippen molar-refractivity contribution in [2.45, 2.75) is 32.5 Å². The second-order valence-corrected chi connectivity index (χ2v) is 3.81. The fraction of sp³-hybridized carbons (Fsp3) is 0.455. The second-order valence-electron chi connectivity index (χ2n) is 3.81.